The van der Waals surface area contributed by atoms with Gasteiger partial charge in [-0.15, -0.1) is 0 Å². The van der Waals surface area contributed by atoms with Crippen molar-refractivity contribution in [3.63, 3.8) is 0 Å². The molecule has 0 saturated carbocycles. The summed E-state index contributed by atoms with van der Waals surface area (Å²) >= 11 is 0. The summed E-state index contributed by atoms with van der Waals surface area (Å²) < 4.78 is 11.5. The van der Waals surface area contributed by atoms with Crippen LogP contribution in [0.4, 0.5) is 4.79 Å². The quantitative estimate of drug-likeness (QED) is 0.0293. The van der Waals surface area contributed by atoms with E-state index in [1.165, 1.54) is 11.1 Å². The Morgan fingerprint density at radius 2 is 1.09 bits per heavy atom. The van der Waals surface area contributed by atoms with E-state index in [9.17, 15) is 14.4 Å². The van der Waals surface area contributed by atoms with Crippen LogP contribution >= 0.6 is 0 Å². The van der Waals surface area contributed by atoms with Gasteiger partial charge in [-0.1, -0.05) is 141 Å². The molecule has 0 bridgehead atoms. The molecule has 0 saturated heterocycles. The van der Waals surface area contributed by atoms with Crippen molar-refractivity contribution in [2.75, 3.05) is 45.8 Å². The first-order valence-corrected chi connectivity index (χ1v) is 24.4. The molecule has 2 aliphatic carbocycles. The number of carbonyl (C=O) groups excluding carboxylic acids is 3. The zero-order chi connectivity index (χ0) is 49.0. The van der Waals surface area contributed by atoms with Gasteiger partial charge in [0.2, 0.25) is 0 Å². The van der Waals surface area contributed by atoms with Gasteiger partial charge in [0.15, 0.2) is 11.9 Å². The summed E-state index contributed by atoms with van der Waals surface area (Å²) in [5.41, 5.74) is 19.3. The maximum absolute atomic E-state index is 13.3. The molecular weight excluding hydrogens is 823 g/mol. The Balaban J connectivity index is 1.86. The van der Waals surface area contributed by atoms with Crippen LogP contribution in [0.2, 0.25) is 0 Å². The third-order valence-corrected chi connectivity index (χ3v) is 11.9. The average molecular weight is 910 g/mol. The number of unbranched alkanes of at least 4 members (excludes halogenated alkanes) is 2. The zero-order valence-electron chi connectivity index (χ0n) is 42.5. The van der Waals surface area contributed by atoms with Crippen LogP contribution in [0, 0.1) is 10.8 Å². The highest BCUT2D eigenvalue weighted by Crippen LogP contribution is 2.43. The summed E-state index contributed by atoms with van der Waals surface area (Å²) in [6.45, 7) is 26.4. The van der Waals surface area contributed by atoms with Gasteiger partial charge in [-0.2, -0.15) is 0 Å². The Kier molecular flexibility index (Phi) is 27.3. The van der Waals surface area contributed by atoms with E-state index in [1.54, 1.807) is 0 Å². The third kappa shape index (κ3) is 23.2. The van der Waals surface area contributed by atoms with Crippen LogP contribution in [0.1, 0.15) is 133 Å². The van der Waals surface area contributed by atoms with E-state index < -0.39 is 12.2 Å². The Morgan fingerprint density at radius 1 is 0.621 bits per heavy atom. The van der Waals surface area contributed by atoms with Gasteiger partial charge in [0, 0.05) is 25.8 Å². The van der Waals surface area contributed by atoms with Crippen molar-refractivity contribution in [3.8, 4) is 0 Å². The van der Waals surface area contributed by atoms with Gasteiger partial charge >= 0.3 is 12.1 Å². The summed E-state index contributed by atoms with van der Waals surface area (Å²) in [5, 5.41) is 9.48. The molecule has 66 heavy (non-hydrogen) atoms. The average Bonchev–Trinajstić information content (AvgIpc) is 3.24. The second-order valence-corrected chi connectivity index (χ2v) is 19.3. The number of hydrogen-bond acceptors (Lipinski definition) is 9. The van der Waals surface area contributed by atoms with Gasteiger partial charge in [-0.05, 0) is 153 Å². The number of Topliss-reactive ketones (excluding diaryl/α,β-unsaturated/α-hetero) is 1. The number of allylic oxidation sites excluding steroid dienone is 20. The van der Waals surface area contributed by atoms with Gasteiger partial charge in [0.25, 0.3) is 0 Å². The molecule has 2 aliphatic rings. The van der Waals surface area contributed by atoms with Crippen molar-refractivity contribution in [1.82, 2.24) is 16.0 Å². The topological polar surface area (TPSA) is 158 Å². The second kappa shape index (κ2) is 31.4. The van der Waals surface area contributed by atoms with Crippen molar-refractivity contribution >= 4 is 17.8 Å². The highest BCUT2D eigenvalue weighted by Gasteiger charge is 2.40. The lowest BCUT2D eigenvalue weighted by Crippen LogP contribution is -2.41. The number of nitrogens with one attached hydrogen (secondary N) is 3. The summed E-state index contributed by atoms with van der Waals surface area (Å²) in [5.74, 6) is -0.236. The molecule has 0 spiro atoms. The zero-order valence-corrected chi connectivity index (χ0v) is 42.5. The monoisotopic (exact) mass is 910 g/mol. The van der Waals surface area contributed by atoms with Crippen LogP contribution in [0.25, 0.3) is 0 Å². The molecule has 1 amide bonds. The first-order chi connectivity index (χ1) is 31.4. The smallest absolute Gasteiger partial charge is 0.407 e. The number of nitrogens with two attached hydrogens (primary N) is 2. The number of esters is 1. The number of carbonyl (C=O) groups is 3. The SMILES string of the molecule is CC1=C(/C=C/C(C)=C/C=C/C(C)=C/C=C/C=C(C)/C=C/C=C(C)/C=C/C2=C(C)C(=O)C(OC(=O)NCCCCNCCCN)CC2(C)C)C(C)(C)CC(OC(=O)CCCCNCCCN)C1. The molecule has 0 aromatic heterocycles. The molecule has 0 fully saturated rings. The lowest BCUT2D eigenvalue weighted by Gasteiger charge is -2.37. The summed E-state index contributed by atoms with van der Waals surface area (Å²) in [7, 11) is 0. The van der Waals surface area contributed by atoms with E-state index in [-0.39, 0.29) is 28.7 Å². The minimum atomic E-state index is -0.797. The Morgan fingerprint density at radius 3 is 1.64 bits per heavy atom. The van der Waals surface area contributed by atoms with Crippen LogP contribution in [0.15, 0.2) is 130 Å². The highest BCUT2D eigenvalue weighted by atomic mass is 16.6. The molecule has 0 aromatic rings. The van der Waals surface area contributed by atoms with Gasteiger partial charge in [-0.25, -0.2) is 4.79 Å². The van der Waals surface area contributed by atoms with Gasteiger partial charge in [-0.3, -0.25) is 9.59 Å². The number of ketones is 1. The summed E-state index contributed by atoms with van der Waals surface area (Å²) in [6.07, 6.45) is 35.7. The number of ether oxygens (including phenoxy) is 2. The molecule has 366 valence electrons. The van der Waals surface area contributed by atoms with Crippen molar-refractivity contribution in [3.05, 3.63) is 130 Å². The molecule has 2 unspecified atom stereocenters. The maximum Gasteiger partial charge on any atom is 0.407 e. The molecular formula is C56H87N5O5. The highest BCUT2D eigenvalue weighted by molar-refractivity contribution is 6.01. The molecule has 10 nitrogen and oxygen atoms in total. The van der Waals surface area contributed by atoms with E-state index in [2.05, 4.69) is 126 Å². The van der Waals surface area contributed by atoms with E-state index in [4.69, 9.17) is 20.9 Å². The fourth-order valence-corrected chi connectivity index (χ4v) is 8.20. The summed E-state index contributed by atoms with van der Waals surface area (Å²) in [4.78, 5) is 38.3. The molecule has 0 radical (unpaired) electrons. The predicted octanol–water partition coefficient (Wildman–Crippen LogP) is 10.8. The molecule has 2 rings (SSSR count). The first kappa shape index (κ1) is 57.5. The fraction of sp³-hybridized carbons (Fsp3) is 0.554. The number of rotatable bonds is 28. The van der Waals surface area contributed by atoms with Gasteiger partial charge in [0.1, 0.15) is 6.10 Å². The third-order valence-electron chi connectivity index (χ3n) is 11.9. The van der Waals surface area contributed by atoms with Crippen LogP contribution < -0.4 is 27.4 Å². The van der Waals surface area contributed by atoms with E-state index in [0.717, 1.165) is 105 Å². The molecule has 0 heterocycles. The van der Waals surface area contributed by atoms with Crippen molar-refractivity contribution in [1.29, 1.82) is 0 Å². The lowest BCUT2D eigenvalue weighted by atomic mass is 9.71. The Bertz CT molecular complexity index is 1920. The van der Waals surface area contributed by atoms with E-state index in [0.29, 0.717) is 38.0 Å². The normalized spacial score (nSPS) is 20.0. The van der Waals surface area contributed by atoms with Crippen LogP contribution in [-0.2, 0) is 19.1 Å². The second-order valence-electron chi connectivity index (χ2n) is 19.3. The van der Waals surface area contributed by atoms with Crippen molar-refractivity contribution in [2.24, 2.45) is 22.3 Å². The lowest BCUT2D eigenvalue weighted by molar-refractivity contribution is -0.150. The molecule has 0 aromatic carbocycles. The maximum atomic E-state index is 13.3. The van der Waals surface area contributed by atoms with Gasteiger partial charge < -0.3 is 36.9 Å². The fourth-order valence-electron chi connectivity index (χ4n) is 8.20. The predicted molar refractivity (Wildman–Crippen MR) is 277 cm³/mol. The number of hydrogen-bond donors (Lipinski definition) is 5. The van der Waals surface area contributed by atoms with Gasteiger partial charge in [0.05, 0.1) is 0 Å². The molecule has 10 heteroatoms. The molecule has 7 N–H and O–H groups in total. The van der Waals surface area contributed by atoms with E-state index in [1.807, 2.05) is 44.2 Å². The van der Waals surface area contributed by atoms with E-state index >= 15 is 0 Å². The Hall–Kier alpha value is -4.61. The minimum absolute atomic E-state index is 0.0774. The largest absolute Gasteiger partial charge is 0.462 e. The standard InChI is InChI=1S/C56H87N5O5/c1-42(23-17-25-44(3)28-30-49-46(5)39-48(40-55(49,7)8)65-52(62)27-13-14-34-59-36-19-32-57)21-11-12-22-43(2)24-18-26-45(4)29-31-50-47(6)53(63)51(41-56(50,9)10)66-54(64)61-38-16-15-35-60-37-20-33-58/h11-12,17-18,21-26,28-31,48,51,59-60H,13-16,19-20,27,32-41,57-58H2,1-10H3,(H,61,64)/b12-11+,23-17+,24-18+,30-28+,31-29+,42-21+,43-22+,44-25+,45-26+. The first-order valence-electron chi connectivity index (χ1n) is 24.4. The molecule has 0 aliphatic heterocycles. The van der Waals surface area contributed by atoms with Crippen LogP contribution in [-0.4, -0.2) is 75.9 Å². The number of alkyl carbamates (subject to hydrolysis) is 1. The Labute approximate surface area is 399 Å². The van der Waals surface area contributed by atoms with Crippen LogP contribution in [0.3, 0.4) is 0 Å². The molecule has 2 atom stereocenters. The minimum Gasteiger partial charge on any atom is -0.462 e. The van der Waals surface area contributed by atoms with Crippen molar-refractivity contribution < 1.29 is 23.9 Å². The summed E-state index contributed by atoms with van der Waals surface area (Å²) in [6, 6.07) is 0. The van der Waals surface area contributed by atoms with Crippen LogP contribution in [0.5, 0.6) is 0 Å². The number of amides is 1. The van der Waals surface area contributed by atoms with Crippen molar-refractivity contribution in [2.45, 2.75) is 146 Å².